The molecular formula is C20H16Cl2F4N2O6S. The van der Waals surface area contributed by atoms with Crippen molar-refractivity contribution in [2.24, 2.45) is 0 Å². The van der Waals surface area contributed by atoms with Crippen molar-refractivity contribution in [3.05, 3.63) is 57.6 Å². The summed E-state index contributed by atoms with van der Waals surface area (Å²) in [7, 11) is -4.35. The number of rotatable bonds is 7. The molecule has 0 radical (unpaired) electrons. The Balaban J connectivity index is 1.95. The molecular weight excluding hydrogens is 543 g/mol. The molecule has 2 N–H and O–H groups in total. The molecule has 8 nitrogen and oxygen atoms in total. The SMILES string of the molecule is [C-]#[N+]c1cc(OCC(F)(F)F)c(O[C@H]2CN(S(=O)(=O)c3ccc(Cl)cc3Cl)C[C@@]2(O)CO)cc1F. The lowest BCUT2D eigenvalue weighted by Gasteiger charge is -2.28. The van der Waals surface area contributed by atoms with E-state index in [1.54, 1.807) is 0 Å². The molecule has 1 fully saturated rings. The zero-order valence-corrected chi connectivity index (χ0v) is 19.7. The fourth-order valence-electron chi connectivity index (χ4n) is 3.26. The van der Waals surface area contributed by atoms with Gasteiger partial charge in [-0.25, -0.2) is 17.7 Å². The van der Waals surface area contributed by atoms with Crippen LogP contribution in [0.1, 0.15) is 0 Å². The van der Waals surface area contributed by atoms with E-state index in [0.29, 0.717) is 12.1 Å². The average molecular weight is 559 g/mol. The van der Waals surface area contributed by atoms with Gasteiger partial charge in [0.25, 0.3) is 0 Å². The fraction of sp³-hybridized carbons (Fsp3) is 0.350. The zero-order chi connectivity index (χ0) is 26.2. The van der Waals surface area contributed by atoms with Gasteiger partial charge >= 0.3 is 6.18 Å². The highest BCUT2D eigenvalue weighted by atomic mass is 35.5. The molecule has 2 aromatic carbocycles. The Morgan fingerprint density at radius 1 is 1.23 bits per heavy atom. The van der Waals surface area contributed by atoms with Gasteiger partial charge in [0, 0.05) is 17.6 Å². The molecule has 0 amide bonds. The summed E-state index contributed by atoms with van der Waals surface area (Å²) in [5.41, 5.74) is -2.89. The number of ether oxygens (including phenoxy) is 2. The molecule has 0 aliphatic carbocycles. The maximum Gasteiger partial charge on any atom is 0.422 e. The second-order valence-corrected chi connectivity index (χ2v) is 10.3. The third kappa shape index (κ3) is 5.91. The van der Waals surface area contributed by atoms with Crippen LogP contribution in [-0.2, 0) is 10.0 Å². The number of β-amino-alcohol motifs (C(OH)–C–C–N with tert-alkyl or cyclic N) is 1. The number of halogens is 6. The molecule has 0 aromatic heterocycles. The molecule has 1 heterocycles. The van der Waals surface area contributed by atoms with Crippen LogP contribution >= 0.6 is 23.2 Å². The van der Waals surface area contributed by atoms with Crippen molar-refractivity contribution >= 4 is 38.9 Å². The third-order valence-electron chi connectivity index (χ3n) is 5.00. The van der Waals surface area contributed by atoms with Crippen LogP contribution in [0.4, 0.5) is 23.2 Å². The van der Waals surface area contributed by atoms with E-state index in [0.717, 1.165) is 10.4 Å². The molecule has 0 bridgehead atoms. The summed E-state index contributed by atoms with van der Waals surface area (Å²) in [6.45, 7) is 2.84. The van der Waals surface area contributed by atoms with Crippen molar-refractivity contribution in [1.29, 1.82) is 0 Å². The summed E-state index contributed by atoms with van der Waals surface area (Å²) in [4.78, 5) is 2.49. The van der Waals surface area contributed by atoms with Crippen molar-refractivity contribution in [3.8, 4) is 11.5 Å². The van der Waals surface area contributed by atoms with Gasteiger partial charge < -0.3 is 19.7 Å². The van der Waals surface area contributed by atoms with Crippen LogP contribution in [0, 0.1) is 12.4 Å². The number of sulfonamides is 1. The monoisotopic (exact) mass is 558 g/mol. The maximum atomic E-state index is 14.2. The molecule has 0 spiro atoms. The van der Waals surface area contributed by atoms with E-state index in [1.807, 2.05) is 0 Å². The topological polar surface area (TPSA) is 101 Å². The zero-order valence-electron chi connectivity index (χ0n) is 17.4. The third-order valence-corrected chi connectivity index (χ3v) is 7.53. The van der Waals surface area contributed by atoms with Crippen LogP contribution in [-0.4, -0.2) is 67.1 Å². The van der Waals surface area contributed by atoms with E-state index in [4.69, 9.17) is 34.5 Å². The molecule has 1 aliphatic rings. The Hall–Kier alpha value is -2.34. The standard InChI is InChI=1S/C20H16Cl2F4N2O6S/c1-27-14-6-15(33-10-20(24,25)26)16(5-13(14)23)34-18-7-28(8-19(18,30)9-29)35(31,32)17-3-2-11(21)4-12(17)22/h2-6,18,29-30H,7-10H2/t18-,19+/m0/s1. The highest BCUT2D eigenvalue weighted by Gasteiger charge is 2.51. The molecule has 0 saturated carbocycles. The van der Waals surface area contributed by atoms with Crippen molar-refractivity contribution < 1.29 is 45.7 Å². The first-order valence-electron chi connectivity index (χ1n) is 9.56. The summed E-state index contributed by atoms with van der Waals surface area (Å²) in [6, 6.07) is 4.84. The van der Waals surface area contributed by atoms with Crippen LogP contribution in [0.5, 0.6) is 11.5 Å². The Morgan fingerprint density at radius 2 is 1.91 bits per heavy atom. The highest BCUT2D eigenvalue weighted by Crippen LogP contribution is 2.39. The normalized spacial score (nSPS) is 21.1. The second kappa shape index (κ2) is 9.96. The highest BCUT2D eigenvalue weighted by molar-refractivity contribution is 7.89. The number of hydrogen-bond donors (Lipinski definition) is 2. The Morgan fingerprint density at radius 3 is 2.49 bits per heavy atom. The van der Waals surface area contributed by atoms with Crippen LogP contribution in [0.2, 0.25) is 10.0 Å². The van der Waals surface area contributed by atoms with E-state index >= 15 is 0 Å². The maximum absolute atomic E-state index is 14.2. The van der Waals surface area contributed by atoms with Crippen LogP contribution in [0.3, 0.4) is 0 Å². The lowest BCUT2D eigenvalue weighted by atomic mass is 10.0. The summed E-state index contributed by atoms with van der Waals surface area (Å²) in [6.07, 6.45) is -6.34. The molecule has 15 heteroatoms. The number of aliphatic hydroxyl groups excluding tert-OH is 1. The quantitative estimate of drug-likeness (QED) is 0.396. The molecule has 190 valence electrons. The van der Waals surface area contributed by atoms with E-state index < -0.39 is 77.2 Å². The van der Waals surface area contributed by atoms with Gasteiger partial charge in [0.15, 0.2) is 18.1 Å². The first kappa shape index (κ1) is 27.3. The predicted molar refractivity (Wildman–Crippen MR) is 116 cm³/mol. The number of alkyl halides is 3. The van der Waals surface area contributed by atoms with Gasteiger partial charge in [-0.1, -0.05) is 23.2 Å². The fourth-order valence-corrected chi connectivity index (χ4v) is 5.51. The second-order valence-electron chi connectivity index (χ2n) is 7.51. The first-order chi connectivity index (χ1) is 16.2. The van der Waals surface area contributed by atoms with Crippen LogP contribution < -0.4 is 9.47 Å². The minimum Gasteiger partial charge on any atom is -0.482 e. The van der Waals surface area contributed by atoms with Crippen molar-refractivity contribution in [3.63, 3.8) is 0 Å². The number of aliphatic hydroxyl groups is 2. The smallest absolute Gasteiger partial charge is 0.422 e. The summed E-state index contributed by atoms with van der Waals surface area (Å²) < 4.78 is 89.2. The Kier molecular flexibility index (Phi) is 7.76. The first-order valence-corrected chi connectivity index (χ1v) is 11.8. The average Bonchev–Trinajstić information content (AvgIpc) is 3.10. The Labute approximate surface area is 207 Å². The minimum absolute atomic E-state index is 0.166. The molecule has 1 aliphatic heterocycles. The van der Waals surface area contributed by atoms with Gasteiger partial charge in [0.1, 0.15) is 22.4 Å². The van der Waals surface area contributed by atoms with E-state index in [1.165, 1.54) is 12.1 Å². The summed E-state index contributed by atoms with van der Waals surface area (Å²) >= 11 is 11.8. The summed E-state index contributed by atoms with van der Waals surface area (Å²) in [5.74, 6) is -2.46. The van der Waals surface area contributed by atoms with Crippen LogP contribution in [0.15, 0.2) is 35.2 Å². The lowest BCUT2D eigenvalue weighted by molar-refractivity contribution is -0.153. The molecule has 1 saturated heterocycles. The van der Waals surface area contributed by atoms with Crippen molar-refractivity contribution in [1.82, 2.24) is 4.31 Å². The lowest BCUT2D eigenvalue weighted by Crippen LogP contribution is -2.48. The molecule has 2 aromatic rings. The van der Waals surface area contributed by atoms with Crippen molar-refractivity contribution in [2.45, 2.75) is 22.8 Å². The van der Waals surface area contributed by atoms with E-state index in [9.17, 15) is 36.2 Å². The van der Waals surface area contributed by atoms with Gasteiger partial charge in [-0.2, -0.15) is 17.5 Å². The van der Waals surface area contributed by atoms with Crippen molar-refractivity contribution in [2.75, 3.05) is 26.3 Å². The summed E-state index contributed by atoms with van der Waals surface area (Å²) in [5, 5.41) is 20.5. The van der Waals surface area contributed by atoms with Gasteiger partial charge in [-0.15, -0.1) is 0 Å². The van der Waals surface area contributed by atoms with Crippen LogP contribution in [0.25, 0.3) is 4.85 Å². The Bertz CT molecular complexity index is 1270. The minimum atomic E-state index is -4.77. The molecule has 3 rings (SSSR count). The number of nitrogens with zero attached hydrogens (tertiary/aromatic N) is 2. The van der Waals surface area contributed by atoms with Gasteiger partial charge in [-0.3, -0.25) is 0 Å². The van der Waals surface area contributed by atoms with Gasteiger partial charge in [-0.05, 0) is 24.3 Å². The number of hydrogen-bond acceptors (Lipinski definition) is 6. The number of benzene rings is 2. The van der Waals surface area contributed by atoms with Gasteiger partial charge in [0.2, 0.25) is 15.7 Å². The van der Waals surface area contributed by atoms with E-state index in [2.05, 4.69) is 9.58 Å². The molecule has 0 unspecified atom stereocenters. The predicted octanol–water partition coefficient (Wildman–Crippen LogP) is 3.80. The van der Waals surface area contributed by atoms with Gasteiger partial charge in [0.05, 0.1) is 24.7 Å². The molecule has 2 atom stereocenters. The van der Waals surface area contributed by atoms with E-state index in [-0.39, 0.29) is 14.9 Å². The molecule has 35 heavy (non-hydrogen) atoms. The largest absolute Gasteiger partial charge is 0.482 e.